The van der Waals surface area contributed by atoms with Gasteiger partial charge in [-0.15, -0.1) is 0 Å². The molecule has 0 unspecified atom stereocenters. The number of aromatic nitrogens is 2. The maximum atomic E-state index is 13.4. The lowest BCUT2D eigenvalue weighted by Crippen LogP contribution is -2.35. The maximum Gasteiger partial charge on any atom is 0.265 e. The van der Waals surface area contributed by atoms with E-state index in [1.807, 2.05) is 12.3 Å². The van der Waals surface area contributed by atoms with Gasteiger partial charge in [-0.3, -0.25) is 4.79 Å². The fourth-order valence-electron chi connectivity index (χ4n) is 4.10. The van der Waals surface area contributed by atoms with Crippen molar-refractivity contribution in [3.63, 3.8) is 0 Å². The Morgan fingerprint density at radius 2 is 1.60 bits per heavy atom. The number of nitrogens with zero attached hydrogens (tertiary/aromatic N) is 2. The van der Waals surface area contributed by atoms with Crippen LogP contribution >= 0.6 is 11.8 Å². The Bertz CT molecular complexity index is 1070. The predicted octanol–water partition coefficient (Wildman–Crippen LogP) is 6.03. The average Bonchev–Trinajstić information content (AvgIpc) is 3.25. The Labute approximate surface area is 216 Å². The molecule has 2 aromatic carbocycles. The Hall–Kier alpha value is -2.53. The van der Waals surface area contributed by atoms with Gasteiger partial charge < -0.3 is 5.32 Å². The van der Waals surface area contributed by atoms with Crippen LogP contribution in [0.25, 0.3) is 0 Å². The molecule has 0 saturated carbocycles. The molecule has 0 fully saturated rings. The molecular formula is C30H42N3OS+. The van der Waals surface area contributed by atoms with Crippen LogP contribution in [-0.2, 0) is 28.7 Å². The van der Waals surface area contributed by atoms with Crippen LogP contribution in [0.2, 0.25) is 0 Å². The number of hydrogen-bond acceptors (Lipinski definition) is 2. The van der Waals surface area contributed by atoms with Crippen molar-refractivity contribution in [2.24, 2.45) is 0 Å². The lowest BCUT2D eigenvalue weighted by molar-refractivity contribution is -0.687. The quantitative estimate of drug-likeness (QED) is 0.370. The largest absolute Gasteiger partial charge is 0.348 e. The fraction of sp³-hybridized carbons (Fsp3) is 0.467. The third-order valence-corrected chi connectivity index (χ3v) is 7.01. The summed E-state index contributed by atoms with van der Waals surface area (Å²) in [7, 11) is 0. The second-order valence-corrected chi connectivity index (χ2v) is 12.4. The summed E-state index contributed by atoms with van der Waals surface area (Å²) in [5.41, 5.74) is 5.12. The van der Waals surface area contributed by atoms with Crippen molar-refractivity contribution in [2.45, 2.75) is 77.9 Å². The molecule has 1 aromatic heterocycles. The smallest absolute Gasteiger partial charge is 0.265 e. The number of hydrogen-bond donors (Lipinski definition) is 1. The minimum atomic E-state index is -0.229. The second-order valence-electron chi connectivity index (χ2n) is 11.5. The molecule has 1 heterocycles. The van der Waals surface area contributed by atoms with Crippen LogP contribution in [0, 0.1) is 0 Å². The molecule has 0 aliphatic heterocycles. The van der Waals surface area contributed by atoms with Gasteiger partial charge in [-0.25, -0.2) is 9.13 Å². The van der Waals surface area contributed by atoms with E-state index in [1.54, 1.807) is 11.8 Å². The SMILES string of the molecule is CSCC[C@@H](C(=O)NCc1cc(C(C)(C)C)cc(C(C)(C)C)c1)n1cc[n+](Cc2ccccc2)c1. The van der Waals surface area contributed by atoms with Crippen LogP contribution in [0.15, 0.2) is 67.3 Å². The minimum Gasteiger partial charge on any atom is -0.348 e. The molecule has 5 heteroatoms. The van der Waals surface area contributed by atoms with Gasteiger partial charge in [0.05, 0.1) is 0 Å². The van der Waals surface area contributed by atoms with Gasteiger partial charge in [0, 0.05) is 13.0 Å². The first-order chi connectivity index (χ1) is 16.5. The molecular weight excluding hydrogens is 450 g/mol. The van der Waals surface area contributed by atoms with Crippen LogP contribution in [0.3, 0.4) is 0 Å². The van der Waals surface area contributed by atoms with Crippen LogP contribution in [0.4, 0.5) is 0 Å². The summed E-state index contributed by atoms with van der Waals surface area (Å²) in [5, 5.41) is 3.24. The van der Waals surface area contributed by atoms with Crippen molar-refractivity contribution in [1.29, 1.82) is 0 Å². The lowest BCUT2D eigenvalue weighted by atomic mass is 9.79. The molecule has 0 radical (unpaired) electrons. The van der Waals surface area contributed by atoms with Gasteiger partial charge in [0.1, 0.15) is 18.9 Å². The summed E-state index contributed by atoms with van der Waals surface area (Å²) in [6.45, 7) is 14.8. The highest BCUT2D eigenvalue weighted by molar-refractivity contribution is 7.98. The van der Waals surface area contributed by atoms with Crippen molar-refractivity contribution < 1.29 is 9.36 Å². The maximum absolute atomic E-state index is 13.4. The predicted molar refractivity (Wildman–Crippen MR) is 148 cm³/mol. The standard InChI is InChI=1S/C30H41N3OS/c1-29(2,3)25-17-24(18-26(19-25)30(4,5)6)20-31-28(34)27(13-16-35-7)33-15-14-32(22-33)21-23-11-9-8-10-12-23/h8-12,14-15,17-19,22,27H,13,16,20-21H2,1-7H3/p+1/t27-/m0/s1. The van der Waals surface area contributed by atoms with Crippen LogP contribution in [0.5, 0.6) is 0 Å². The number of benzene rings is 2. The molecule has 3 rings (SSSR count). The Kier molecular flexibility index (Phi) is 8.87. The zero-order valence-corrected chi connectivity index (χ0v) is 23.3. The van der Waals surface area contributed by atoms with Crippen molar-refractivity contribution in [3.8, 4) is 0 Å². The summed E-state index contributed by atoms with van der Waals surface area (Å²) in [5.74, 6) is 1.00. The summed E-state index contributed by atoms with van der Waals surface area (Å²) in [4.78, 5) is 13.4. The minimum absolute atomic E-state index is 0.0540. The van der Waals surface area contributed by atoms with Gasteiger partial charge in [-0.1, -0.05) is 90.1 Å². The van der Waals surface area contributed by atoms with Crippen molar-refractivity contribution in [2.75, 3.05) is 12.0 Å². The highest BCUT2D eigenvalue weighted by atomic mass is 32.2. The van der Waals surface area contributed by atoms with Gasteiger partial charge in [0.25, 0.3) is 5.91 Å². The molecule has 0 bridgehead atoms. The van der Waals surface area contributed by atoms with E-state index in [9.17, 15) is 4.79 Å². The van der Waals surface area contributed by atoms with Crippen molar-refractivity contribution in [3.05, 3.63) is 89.5 Å². The van der Waals surface area contributed by atoms with E-state index in [1.165, 1.54) is 16.7 Å². The zero-order chi connectivity index (χ0) is 25.6. The third-order valence-electron chi connectivity index (χ3n) is 6.37. The molecule has 35 heavy (non-hydrogen) atoms. The number of carbonyl (C=O) groups excluding carboxylic acids is 1. The molecule has 0 spiro atoms. The molecule has 0 aliphatic carbocycles. The van der Waals surface area contributed by atoms with Crippen LogP contribution in [0.1, 0.15) is 76.3 Å². The van der Waals surface area contributed by atoms with E-state index in [0.29, 0.717) is 6.54 Å². The Morgan fingerprint density at radius 3 is 2.17 bits per heavy atom. The van der Waals surface area contributed by atoms with Gasteiger partial charge in [-0.2, -0.15) is 11.8 Å². The number of amides is 1. The highest BCUT2D eigenvalue weighted by Gasteiger charge is 2.26. The fourth-order valence-corrected chi connectivity index (χ4v) is 4.55. The molecule has 3 aromatic rings. The van der Waals surface area contributed by atoms with Gasteiger partial charge in [0.2, 0.25) is 6.33 Å². The van der Waals surface area contributed by atoms with Crippen LogP contribution < -0.4 is 9.88 Å². The topological polar surface area (TPSA) is 37.9 Å². The molecule has 0 aliphatic rings. The number of rotatable bonds is 9. The first-order valence-corrected chi connectivity index (χ1v) is 13.9. The van der Waals surface area contributed by atoms with Crippen LogP contribution in [-0.4, -0.2) is 22.5 Å². The summed E-state index contributed by atoms with van der Waals surface area (Å²) >= 11 is 1.78. The molecule has 0 saturated heterocycles. The van der Waals surface area contributed by atoms with E-state index < -0.39 is 0 Å². The van der Waals surface area contributed by atoms with E-state index in [-0.39, 0.29) is 22.8 Å². The molecule has 1 N–H and O–H groups in total. The molecule has 1 atom stereocenters. The third kappa shape index (κ3) is 7.73. The molecule has 4 nitrogen and oxygen atoms in total. The van der Waals surface area contributed by atoms with E-state index in [4.69, 9.17) is 0 Å². The summed E-state index contributed by atoms with van der Waals surface area (Å²) in [6.07, 6.45) is 9.00. The number of imidazole rings is 1. The van der Waals surface area contributed by atoms with Gasteiger partial charge in [0.15, 0.2) is 6.04 Å². The summed E-state index contributed by atoms with van der Waals surface area (Å²) < 4.78 is 4.19. The van der Waals surface area contributed by atoms with Crippen molar-refractivity contribution >= 4 is 17.7 Å². The average molecular weight is 493 g/mol. The number of carbonyl (C=O) groups is 1. The van der Waals surface area contributed by atoms with Gasteiger partial charge in [-0.05, 0) is 45.1 Å². The molecule has 188 valence electrons. The van der Waals surface area contributed by atoms with Gasteiger partial charge >= 0.3 is 0 Å². The van der Waals surface area contributed by atoms with Crippen molar-refractivity contribution in [1.82, 2.24) is 9.88 Å². The zero-order valence-electron chi connectivity index (χ0n) is 22.5. The lowest BCUT2D eigenvalue weighted by Gasteiger charge is -2.26. The first kappa shape index (κ1) is 27.1. The number of nitrogens with one attached hydrogen (secondary N) is 1. The van der Waals surface area contributed by atoms with E-state index in [0.717, 1.165) is 24.3 Å². The van der Waals surface area contributed by atoms with E-state index in [2.05, 4.69) is 117 Å². The Morgan fingerprint density at radius 1 is 0.971 bits per heavy atom. The first-order valence-electron chi connectivity index (χ1n) is 12.5. The molecule has 1 amide bonds. The normalized spacial score (nSPS) is 13.0. The highest BCUT2D eigenvalue weighted by Crippen LogP contribution is 2.30. The number of thioether (sulfide) groups is 1. The Balaban J connectivity index is 1.77. The van der Waals surface area contributed by atoms with E-state index >= 15 is 0 Å². The summed E-state index contributed by atoms with van der Waals surface area (Å²) in [6, 6.07) is 17.0. The monoisotopic (exact) mass is 492 g/mol. The second kappa shape index (κ2) is 11.5.